The number of pyridine rings is 3. The summed E-state index contributed by atoms with van der Waals surface area (Å²) in [5.74, 6) is 0. The molecule has 4 nitrogen and oxygen atoms in total. The van der Waals surface area contributed by atoms with E-state index in [2.05, 4.69) is 15.0 Å². The molecule has 0 saturated carbocycles. The van der Waals surface area contributed by atoms with Gasteiger partial charge < -0.3 is 4.98 Å². The molecule has 3 heterocycles. The molecule has 0 unspecified atom stereocenters. The van der Waals surface area contributed by atoms with E-state index in [9.17, 15) is 4.79 Å². The highest BCUT2D eigenvalue weighted by Crippen LogP contribution is 2.38. The fraction of sp³-hybridized carbons (Fsp3) is 0. The van der Waals surface area contributed by atoms with E-state index in [-0.39, 0.29) is 10.7 Å². The van der Waals surface area contributed by atoms with Crippen LogP contribution in [-0.4, -0.2) is 15.0 Å². The lowest BCUT2D eigenvalue weighted by atomic mass is 9.91. The zero-order valence-electron chi connectivity index (χ0n) is 13.7. The SMILES string of the molecule is O=c1[nH]cc(-c2ccccn2)c(-c2ccccc2)c1-c1cccnc1Cl. The number of rotatable bonds is 3. The summed E-state index contributed by atoms with van der Waals surface area (Å²) in [6.07, 6.45) is 5.03. The molecule has 0 atom stereocenters. The highest BCUT2D eigenvalue weighted by Gasteiger charge is 2.20. The number of benzene rings is 1. The Morgan fingerprint density at radius 1 is 0.769 bits per heavy atom. The second-order valence-corrected chi connectivity index (χ2v) is 6.06. The Morgan fingerprint density at radius 2 is 1.54 bits per heavy atom. The maximum absolute atomic E-state index is 12.8. The topological polar surface area (TPSA) is 58.6 Å². The zero-order chi connectivity index (χ0) is 17.9. The molecule has 0 aliphatic carbocycles. The Morgan fingerprint density at radius 3 is 2.27 bits per heavy atom. The van der Waals surface area contributed by atoms with Crippen LogP contribution in [-0.2, 0) is 0 Å². The van der Waals surface area contributed by atoms with Crippen molar-refractivity contribution in [2.24, 2.45) is 0 Å². The van der Waals surface area contributed by atoms with Gasteiger partial charge in [-0.1, -0.05) is 48.0 Å². The summed E-state index contributed by atoms with van der Waals surface area (Å²) in [5, 5.41) is 0.286. The molecule has 3 aromatic heterocycles. The van der Waals surface area contributed by atoms with Crippen molar-refractivity contribution in [3.8, 4) is 33.5 Å². The van der Waals surface area contributed by atoms with Crippen LogP contribution >= 0.6 is 11.6 Å². The van der Waals surface area contributed by atoms with Crippen LogP contribution in [0.15, 0.2) is 84.0 Å². The fourth-order valence-corrected chi connectivity index (χ4v) is 3.20. The van der Waals surface area contributed by atoms with Crippen LogP contribution in [0, 0.1) is 0 Å². The minimum atomic E-state index is -0.224. The maximum Gasteiger partial charge on any atom is 0.256 e. The van der Waals surface area contributed by atoms with Gasteiger partial charge in [-0.15, -0.1) is 0 Å². The van der Waals surface area contributed by atoms with Gasteiger partial charge in [0.1, 0.15) is 5.15 Å². The van der Waals surface area contributed by atoms with E-state index >= 15 is 0 Å². The van der Waals surface area contributed by atoms with Crippen molar-refractivity contribution in [2.75, 3.05) is 0 Å². The van der Waals surface area contributed by atoms with Crippen LogP contribution in [0.25, 0.3) is 33.5 Å². The first-order valence-electron chi connectivity index (χ1n) is 8.09. The molecule has 0 fully saturated rings. The molecule has 1 aromatic carbocycles. The zero-order valence-corrected chi connectivity index (χ0v) is 14.4. The number of nitrogens with zero attached hydrogens (tertiary/aromatic N) is 2. The molecule has 0 radical (unpaired) electrons. The van der Waals surface area contributed by atoms with Gasteiger partial charge in [-0.2, -0.15) is 0 Å². The van der Waals surface area contributed by atoms with Crippen LogP contribution in [0.3, 0.4) is 0 Å². The Balaban J connectivity index is 2.12. The lowest BCUT2D eigenvalue weighted by Gasteiger charge is -2.15. The Hall–Kier alpha value is -3.24. The van der Waals surface area contributed by atoms with Gasteiger partial charge in [0.05, 0.1) is 11.3 Å². The van der Waals surface area contributed by atoms with Gasteiger partial charge in [-0.3, -0.25) is 9.78 Å². The Kier molecular flexibility index (Phi) is 4.33. The second kappa shape index (κ2) is 6.94. The average molecular weight is 360 g/mol. The number of aromatic amines is 1. The van der Waals surface area contributed by atoms with Crippen LogP contribution in [0.4, 0.5) is 0 Å². The largest absolute Gasteiger partial charge is 0.328 e. The summed E-state index contributed by atoms with van der Waals surface area (Å²) in [7, 11) is 0. The van der Waals surface area contributed by atoms with Gasteiger partial charge in [-0.05, 0) is 29.8 Å². The van der Waals surface area contributed by atoms with E-state index in [0.29, 0.717) is 11.1 Å². The molecule has 5 heteroatoms. The molecule has 4 aromatic rings. The quantitative estimate of drug-likeness (QED) is 0.533. The molecular weight excluding hydrogens is 346 g/mol. The summed E-state index contributed by atoms with van der Waals surface area (Å²) in [6.45, 7) is 0. The monoisotopic (exact) mass is 359 g/mol. The molecule has 0 saturated heterocycles. The first-order valence-corrected chi connectivity index (χ1v) is 8.47. The third kappa shape index (κ3) is 2.91. The van der Waals surface area contributed by atoms with E-state index in [1.165, 1.54) is 0 Å². The lowest BCUT2D eigenvalue weighted by Crippen LogP contribution is -2.12. The fourth-order valence-electron chi connectivity index (χ4n) is 2.99. The van der Waals surface area contributed by atoms with Gasteiger partial charge in [0, 0.05) is 35.3 Å². The standard InChI is InChI=1S/C21H14ClN3O/c22-20-15(9-6-12-24-20)19-18(14-7-2-1-3-8-14)16(13-25-21(19)26)17-10-4-5-11-23-17/h1-13H,(H,25,26). The predicted molar refractivity (Wildman–Crippen MR) is 104 cm³/mol. The maximum atomic E-state index is 12.8. The van der Waals surface area contributed by atoms with Gasteiger partial charge in [0.25, 0.3) is 5.56 Å². The van der Waals surface area contributed by atoms with Crippen LogP contribution in [0.1, 0.15) is 0 Å². The number of hydrogen-bond donors (Lipinski definition) is 1. The molecule has 0 aliphatic heterocycles. The number of nitrogens with one attached hydrogen (secondary N) is 1. The van der Waals surface area contributed by atoms with E-state index < -0.39 is 0 Å². The van der Waals surface area contributed by atoms with Gasteiger partial charge in [0.15, 0.2) is 0 Å². The molecule has 0 aliphatic rings. The van der Waals surface area contributed by atoms with E-state index in [4.69, 9.17) is 11.6 Å². The van der Waals surface area contributed by atoms with Crippen molar-refractivity contribution in [3.05, 3.63) is 94.8 Å². The van der Waals surface area contributed by atoms with Crippen LogP contribution in [0.5, 0.6) is 0 Å². The summed E-state index contributed by atoms with van der Waals surface area (Å²) < 4.78 is 0. The molecule has 0 bridgehead atoms. The smallest absolute Gasteiger partial charge is 0.256 e. The molecule has 0 spiro atoms. The van der Waals surface area contributed by atoms with E-state index in [1.54, 1.807) is 30.7 Å². The van der Waals surface area contributed by atoms with Gasteiger partial charge >= 0.3 is 0 Å². The molecule has 1 N–H and O–H groups in total. The molecule has 126 valence electrons. The first kappa shape index (κ1) is 16.2. The number of aromatic nitrogens is 3. The average Bonchev–Trinajstić information content (AvgIpc) is 2.70. The lowest BCUT2D eigenvalue weighted by molar-refractivity contribution is 1.22. The van der Waals surface area contributed by atoms with Crippen LogP contribution in [0.2, 0.25) is 5.15 Å². The van der Waals surface area contributed by atoms with Crippen molar-refractivity contribution in [3.63, 3.8) is 0 Å². The van der Waals surface area contributed by atoms with Crippen molar-refractivity contribution in [2.45, 2.75) is 0 Å². The van der Waals surface area contributed by atoms with E-state index in [0.717, 1.165) is 22.4 Å². The van der Waals surface area contributed by atoms with Gasteiger partial charge in [0.2, 0.25) is 0 Å². The summed E-state index contributed by atoms with van der Waals surface area (Å²) in [6, 6.07) is 19.0. The third-order valence-electron chi connectivity index (χ3n) is 4.13. The minimum Gasteiger partial charge on any atom is -0.328 e. The highest BCUT2D eigenvalue weighted by atomic mass is 35.5. The predicted octanol–water partition coefficient (Wildman–Crippen LogP) is 4.82. The van der Waals surface area contributed by atoms with Crippen LogP contribution < -0.4 is 5.56 Å². The van der Waals surface area contributed by atoms with Crippen molar-refractivity contribution in [1.29, 1.82) is 0 Å². The number of H-pyrrole nitrogens is 1. The number of hydrogen-bond acceptors (Lipinski definition) is 3. The third-order valence-corrected chi connectivity index (χ3v) is 4.43. The van der Waals surface area contributed by atoms with Crippen molar-refractivity contribution < 1.29 is 0 Å². The summed E-state index contributed by atoms with van der Waals surface area (Å²) in [4.78, 5) is 24.2. The first-order chi connectivity index (χ1) is 12.8. The summed E-state index contributed by atoms with van der Waals surface area (Å²) in [5.41, 5.74) is 4.13. The second-order valence-electron chi connectivity index (χ2n) is 5.70. The molecule has 26 heavy (non-hydrogen) atoms. The molecule has 4 rings (SSSR count). The Bertz CT molecular complexity index is 1110. The van der Waals surface area contributed by atoms with E-state index in [1.807, 2.05) is 48.5 Å². The van der Waals surface area contributed by atoms with Crippen molar-refractivity contribution >= 4 is 11.6 Å². The number of halogens is 1. The van der Waals surface area contributed by atoms with Gasteiger partial charge in [-0.25, -0.2) is 4.98 Å². The normalized spacial score (nSPS) is 10.7. The highest BCUT2D eigenvalue weighted by molar-refractivity contribution is 6.32. The molecule has 0 amide bonds. The Labute approximate surface area is 155 Å². The summed E-state index contributed by atoms with van der Waals surface area (Å²) >= 11 is 6.31. The molecular formula is C21H14ClN3O. The van der Waals surface area contributed by atoms with Crippen molar-refractivity contribution in [1.82, 2.24) is 15.0 Å². The minimum absolute atomic E-state index is 0.224.